The molecule has 1 aromatic carbocycles. The van der Waals surface area contributed by atoms with Gasteiger partial charge in [-0.25, -0.2) is 0 Å². The van der Waals surface area contributed by atoms with Crippen LogP contribution < -0.4 is 14.8 Å². The summed E-state index contributed by atoms with van der Waals surface area (Å²) in [7, 11) is 1.62. The molecule has 1 atom stereocenters. The van der Waals surface area contributed by atoms with Gasteiger partial charge in [0.1, 0.15) is 12.4 Å². The number of methoxy groups -OCH3 is 1. The van der Waals surface area contributed by atoms with E-state index in [0.717, 1.165) is 30.7 Å². The Morgan fingerprint density at radius 2 is 2.12 bits per heavy atom. The average molecular weight is 345 g/mol. The Labute approximate surface area is 148 Å². The number of aliphatic hydroxyl groups excluding tert-OH is 1. The van der Waals surface area contributed by atoms with E-state index < -0.39 is 0 Å². The molecule has 25 heavy (non-hydrogen) atoms. The van der Waals surface area contributed by atoms with E-state index in [1.807, 2.05) is 18.2 Å². The molecular weight excluding hydrogens is 318 g/mol. The molecule has 136 valence electrons. The summed E-state index contributed by atoms with van der Waals surface area (Å²) >= 11 is 0. The van der Waals surface area contributed by atoms with Gasteiger partial charge in [-0.05, 0) is 35.6 Å². The first-order valence-corrected chi connectivity index (χ1v) is 8.72. The molecule has 0 saturated heterocycles. The number of fused-ring (bicyclic) bond motifs is 1. The van der Waals surface area contributed by atoms with Crippen molar-refractivity contribution in [2.24, 2.45) is 5.41 Å². The summed E-state index contributed by atoms with van der Waals surface area (Å²) in [6.07, 6.45) is 3.85. The van der Waals surface area contributed by atoms with Crippen LogP contribution in [-0.4, -0.2) is 25.4 Å². The average Bonchev–Trinajstić information content (AvgIpc) is 3.05. The smallest absolute Gasteiger partial charge is 0.161 e. The van der Waals surface area contributed by atoms with Crippen molar-refractivity contribution in [1.29, 1.82) is 0 Å². The topological polar surface area (TPSA) is 63.9 Å². The molecule has 0 amide bonds. The highest BCUT2D eigenvalue weighted by molar-refractivity contribution is 5.43. The minimum atomic E-state index is -0.0169. The molecule has 1 unspecified atom stereocenters. The van der Waals surface area contributed by atoms with Crippen LogP contribution in [0.15, 0.2) is 34.9 Å². The zero-order chi connectivity index (χ0) is 17.9. The number of aliphatic hydroxyl groups is 1. The fourth-order valence-electron chi connectivity index (χ4n) is 3.49. The van der Waals surface area contributed by atoms with Crippen molar-refractivity contribution in [2.45, 2.75) is 39.3 Å². The first kappa shape index (κ1) is 17.8. The molecule has 0 bridgehead atoms. The van der Waals surface area contributed by atoms with Crippen molar-refractivity contribution in [3.8, 4) is 11.5 Å². The summed E-state index contributed by atoms with van der Waals surface area (Å²) in [5, 5.41) is 12.5. The quantitative estimate of drug-likeness (QED) is 0.804. The van der Waals surface area contributed by atoms with Gasteiger partial charge in [-0.1, -0.05) is 19.9 Å². The molecule has 5 nitrogen and oxygen atoms in total. The highest BCUT2D eigenvalue weighted by Gasteiger charge is 2.33. The Kier molecular flexibility index (Phi) is 5.35. The summed E-state index contributed by atoms with van der Waals surface area (Å²) < 4.78 is 16.6. The van der Waals surface area contributed by atoms with Crippen LogP contribution in [0.4, 0.5) is 0 Å². The summed E-state index contributed by atoms with van der Waals surface area (Å²) in [4.78, 5) is 0. The summed E-state index contributed by atoms with van der Waals surface area (Å²) in [5.74, 6) is 2.43. The largest absolute Gasteiger partial charge is 0.493 e. The maximum absolute atomic E-state index is 8.90. The molecule has 1 heterocycles. The van der Waals surface area contributed by atoms with Gasteiger partial charge in [-0.15, -0.1) is 0 Å². The van der Waals surface area contributed by atoms with Gasteiger partial charge < -0.3 is 24.3 Å². The van der Waals surface area contributed by atoms with Crippen molar-refractivity contribution in [2.75, 3.05) is 20.3 Å². The van der Waals surface area contributed by atoms with Crippen LogP contribution in [0.1, 0.15) is 43.2 Å². The Bertz CT molecular complexity index is 707. The lowest BCUT2D eigenvalue weighted by molar-refractivity contribution is 0.196. The fourth-order valence-corrected chi connectivity index (χ4v) is 3.49. The Balaban J connectivity index is 1.69. The fraction of sp³-hybridized carbons (Fsp3) is 0.500. The standard InChI is InChI=1S/C20H27NO4/c1-20(2)11-16(15-6-8-24-19(15)12-20)21-13-14-4-5-17(25-9-7-22)18(10-14)23-3/h4-6,8,10,16,21-22H,7,9,11-13H2,1-3H3. The van der Waals surface area contributed by atoms with Crippen LogP contribution in [-0.2, 0) is 13.0 Å². The second-order valence-corrected chi connectivity index (χ2v) is 7.33. The number of nitrogens with one attached hydrogen (secondary N) is 1. The molecule has 2 aromatic rings. The lowest BCUT2D eigenvalue weighted by Gasteiger charge is -2.35. The lowest BCUT2D eigenvalue weighted by Crippen LogP contribution is -2.32. The zero-order valence-corrected chi connectivity index (χ0v) is 15.2. The number of benzene rings is 1. The molecule has 0 radical (unpaired) electrons. The second-order valence-electron chi connectivity index (χ2n) is 7.33. The third kappa shape index (κ3) is 4.17. The van der Waals surface area contributed by atoms with Crippen LogP contribution in [0.25, 0.3) is 0 Å². The van der Waals surface area contributed by atoms with Crippen LogP contribution >= 0.6 is 0 Å². The van der Waals surface area contributed by atoms with Crippen LogP contribution in [0, 0.1) is 5.41 Å². The van der Waals surface area contributed by atoms with E-state index in [9.17, 15) is 0 Å². The first-order chi connectivity index (χ1) is 12.0. The van der Waals surface area contributed by atoms with Crippen molar-refractivity contribution in [3.05, 3.63) is 47.4 Å². The molecule has 0 fully saturated rings. The normalized spacial score (nSPS) is 18.6. The second kappa shape index (κ2) is 7.50. The van der Waals surface area contributed by atoms with E-state index in [-0.39, 0.29) is 24.7 Å². The van der Waals surface area contributed by atoms with Crippen LogP contribution in [0.3, 0.4) is 0 Å². The monoisotopic (exact) mass is 345 g/mol. The van der Waals surface area contributed by atoms with Gasteiger partial charge in [0.15, 0.2) is 11.5 Å². The predicted molar refractivity (Wildman–Crippen MR) is 96.0 cm³/mol. The molecule has 5 heteroatoms. The minimum Gasteiger partial charge on any atom is -0.493 e. The van der Waals surface area contributed by atoms with Crippen LogP contribution in [0.2, 0.25) is 0 Å². The summed E-state index contributed by atoms with van der Waals surface area (Å²) in [6.45, 7) is 5.54. The van der Waals surface area contributed by atoms with Gasteiger partial charge in [0.25, 0.3) is 0 Å². The third-order valence-electron chi connectivity index (χ3n) is 4.68. The number of furan rings is 1. The zero-order valence-electron chi connectivity index (χ0n) is 15.2. The van der Waals surface area contributed by atoms with Crippen molar-refractivity contribution < 1.29 is 19.0 Å². The van der Waals surface area contributed by atoms with Crippen molar-refractivity contribution >= 4 is 0 Å². The van der Waals surface area contributed by atoms with Crippen molar-refractivity contribution in [3.63, 3.8) is 0 Å². The SMILES string of the molecule is COc1cc(CNC2CC(C)(C)Cc3occc32)ccc1OCCO. The van der Waals surface area contributed by atoms with E-state index in [4.69, 9.17) is 19.0 Å². The lowest BCUT2D eigenvalue weighted by atomic mass is 9.75. The van der Waals surface area contributed by atoms with E-state index in [1.165, 1.54) is 5.56 Å². The van der Waals surface area contributed by atoms with Crippen molar-refractivity contribution in [1.82, 2.24) is 5.32 Å². The van der Waals surface area contributed by atoms with Crippen LogP contribution in [0.5, 0.6) is 11.5 Å². The Morgan fingerprint density at radius 1 is 1.28 bits per heavy atom. The van der Waals surface area contributed by atoms with E-state index in [1.54, 1.807) is 13.4 Å². The molecule has 1 aliphatic carbocycles. The Hall–Kier alpha value is -1.98. The predicted octanol–water partition coefficient (Wildman–Crippen LogP) is 3.46. The van der Waals surface area contributed by atoms with Gasteiger partial charge in [0.2, 0.25) is 0 Å². The Morgan fingerprint density at radius 3 is 2.88 bits per heavy atom. The molecule has 0 aliphatic heterocycles. The maximum Gasteiger partial charge on any atom is 0.161 e. The number of hydrogen-bond donors (Lipinski definition) is 2. The molecule has 2 N–H and O–H groups in total. The van der Waals surface area contributed by atoms with Gasteiger partial charge in [0.05, 0.1) is 20.0 Å². The molecule has 3 rings (SSSR count). The minimum absolute atomic E-state index is 0.0169. The van der Waals surface area contributed by atoms with E-state index in [2.05, 4.69) is 25.2 Å². The first-order valence-electron chi connectivity index (χ1n) is 8.72. The van der Waals surface area contributed by atoms with Gasteiger partial charge in [0, 0.05) is 24.6 Å². The van der Waals surface area contributed by atoms with E-state index in [0.29, 0.717) is 11.5 Å². The maximum atomic E-state index is 8.90. The van der Waals surface area contributed by atoms with Gasteiger partial charge >= 0.3 is 0 Å². The van der Waals surface area contributed by atoms with Gasteiger partial charge in [-0.2, -0.15) is 0 Å². The number of ether oxygens (including phenoxy) is 2. The molecule has 0 spiro atoms. The summed E-state index contributed by atoms with van der Waals surface area (Å²) in [6, 6.07) is 8.25. The number of rotatable bonds is 7. The third-order valence-corrected chi connectivity index (χ3v) is 4.68. The van der Waals surface area contributed by atoms with E-state index >= 15 is 0 Å². The number of hydrogen-bond acceptors (Lipinski definition) is 5. The molecular formula is C20H27NO4. The highest BCUT2D eigenvalue weighted by Crippen LogP contribution is 2.41. The molecule has 0 saturated carbocycles. The molecule has 1 aliphatic rings. The highest BCUT2D eigenvalue weighted by atomic mass is 16.5. The summed E-state index contributed by atoms with van der Waals surface area (Å²) in [5.41, 5.74) is 2.62. The van der Waals surface area contributed by atoms with Gasteiger partial charge in [-0.3, -0.25) is 0 Å². The molecule has 1 aromatic heterocycles.